The Balaban J connectivity index is 2.23. The number of ether oxygens (including phenoxy) is 1. The zero-order valence-corrected chi connectivity index (χ0v) is 13.0. The highest BCUT2D eigenvalue weighted by atomic mass is 16.5. The van der Waals surface area contributed by atoms with Gasteiger partial charge >= 0.3 is 0 Å². The van der Waals surface area contributed by atoms with E-state index in [1.54, 1.807) is 0 Å². The Morgan fingerprint density at radius 3 is 2.55 bits per heavy atom. The van der Waals surface area contributed by atoms with Gasteiger partial charge in [0.25, 0.3) is 5.91 Å². The van der Waals surface area contributed by atoms with Gasteiger partial charge in [-0.05, 0) is 45.0 Å². The number of hydrogen-bond donors (Lipinski definition) is 2. The number of anilines is 1. The van der Waals surface area contributed by atoms with Gasteiger partial charge in [0.1, 0.15) is 11.6 Å². The van der Waals surface area contributed by atoms with Crippen LogP contribution in [0.4, 0.5) is 5.82 Å². The van der Waals surface area contributed by atoms with E-state index in [4.69, 9.17) is 10.5 Å². The third kappa shape index (κ3) is 3.72. The van der Waals surface area contributed by atoms with Crippen molar-refractivity contribution in [1.29, 1.82) is 0 Å². The third-order valence-corrected chi connectivity index (χ3v) is 2.91. The van der Waals surface area contributed by atoms with Crippen molar-refractivity contribution >= 4 is 11.7 Å². The van der Waals surface area contributed by atoms with E-state index in [-0.39, 0.29) is 23.3 Å². The minimum Gasteiger partial charge on any atom is -0.494 e. The standard InChI is InChI=1S/C16H20N4O2/c1-4-22-12-7-5-11(6-8-12)15-18-9-13(14(17)20-15)16(21)19-10(2)3/h5-10H,4H2,1-3H3,(H,19,21)(H2,17,18,20). The molecule has 0 radical (unpaired) electrons. The highest BCUT2D eigenvalue weighted by Gasteiger charge is 2.14. The van der Waals surface area contributed by atoms with Gasteiger partial charge in [0, 0.05) is 17.8 Å². The van der Waals surface area contributed by atoms with Crippen molar-refractivity contribution in [1.82, 2.24) is 15.3 Å². The fourth-order valence-corrected chi connectivity index (χ4v) is 1.92. The average Bonchev–Trinajstić information content (AvgIpc) is 2.47. The fraction of sp³-hybridized carbons (Fsp3) is 0.312. The van der Waals surface area contributed by atoms with Gasteiger partial charge in [0.2, 0.25) is 0 Å². The zero-order valence-electron chi connectivity index (χ0n) is 13.0. The normalized spacial score (nSPS) is 10.5. The molecular weight excluding hydrogens is 280 g/mol. The summed E-state index contributed by atoms with van der Waals surface area (Å²) in [4.78, 5) is 20.4. The number of carbonyl (C=O) groups excluding carboxylic acids is 1. The van der Waals surface area contributed by atoms with Gasteiger partial charge in [-0.2, -0.15) is 0 Å². The first-order chi connectivity index (χ1) is 10.5. The molecule has 0 unspecified atom stereocenters. The van der Waals surface area contributed by atoms with E-state index in [1.165, 1.54) is 6.20 Å². The SMILES string of the molecule is CCOc1ccc(-c2ncc(C(=O)NC(C)C)c(N)n2)cc1. The molecule has 22 heavy (non-hydrogen) atoms. The van der Waals surface area contributed by atoms with Crippen LogP contribution in [0.5, 0.6) is 5.75 Å². The minimum absolute atomic E-state index is 0.0256. The number of nitrogens with zero attached hydrogens (tertiary/aromatic N) is 2. The van der Waals surface area contributed by atoms with Crippen LogP contribution in [0.1, 0.15) is 31.1 Å². The first kappa shape index (κ1) is 15.8. The number of nitrogens with one attached hydrogen (secondary N) is 1. The summed E-state index contributed by atoms with van der Waals surface area (Å²) in [5.74, 6) is 1.15. The molecule has 3 N–H and O–H groups in total. The molecule has 0 spiro atoms. The zero-order chi connectivity index (χ0) is 16.1. The predicted octanol–water partition coefficient (Wildman–Crippen LogP) is 2.26. The summed E-state index contributed by atoms with van der Waals surface area (Å²) in [7, 11) is 0. The van der Waals surface area contributed by atoms with Crippen LogP contribution in [0.25, 0.3) is 11.4 Å². The van der Waals surface area contributed by atoms with E-state index in [0.29, 0.717) is 12.4 Å². The predicted molar refractivity (Wildman–Crippen MR) is 85.7 cm³/mol. The molecule has 0 fully saturated rings. The molecule has 1 aromatic heterocycles. The molecule has 6 heteroatoms. The highest BCUT2D eigenvalue weighted by molar-refractivity contribution is 5.98. The maximum Gasteiger partial charge on any atom is 0.256 e. The lowest BCUT2D eigenvalue weighted by Crippen LogP contribution is -2.31. The second-order valence-electron chi connectivity index (χ2n) is 5.08. The Morgan fingerprint density at radius 2 is 2.00 bits per heavy atom. The largest absolute Gasteiger partial charge is 0.494 e. The third-order valence-electron chi connectivity index (χ3n) is 2.91. The quantitative estimate of drug-likeness (QED) is 0.884. The van der Waals surface area contributed by atoms with Crippen LogP contribution in [0, 0.1) is 0 Å². The molecule has 1 aromatic carbocycles. The number of nitrogens with two attached hydrogens (primary N) is 1. The van der Waals surface area contributed by atoms with Crippen LogP contribution in [-0.4, -0.2) is 28.5 Å². The second kappa shape index (κ2) is 6.89. The Kier molecular flexibility index (Phi) is 4.93. The number of amides is 1. The van der Waals surface area contributed by atoms with E-state index < -0.39 is 0 Å². The summed E-state index contributed by atoms with van der Waals surface area (Å²) in [5, 5.41) is 2.77. The topological polar surface area (TPSA) is 90.1 Å². The van der Waals surface area contributed by atoms with Gasteiger partial charge in [0.15, 0.2) is 5.82 Å². The van der Waals surface area contributed by atoms with Gasteiger partial charge in [-0.15, -0.1) is 0 Å². The van der Waals surface area contributed by atoms with E-state index in [1.807, 2.05) is 45.0 Å². The number of carbonyl (C=O) groups is 1. The molecule has 0 saturated carbocycles. The highest BCUT2D eigenvalue weighted by Crippen LogP contribution is 2.21. The number of rotatable bonds is 5. The van der Waals surface area contributed by atoms with Crippen LogP contribution in [-0.2, 0) is 0 Å². The molecule has 0 bridgehead atoms. The van der Waals surface area contributed by atoms with Crippen LogP contribution in [0.15, 0.2) is 30.5 Å². The van der Waals surface area contributed by atoms with Crippen LogP contribution >= 0.6 is 0 Å². The average molecular weight is 300 g/mol. The van der Waals surface area contributed by atoms with Crippen molar-refractivity contribution in [2.24, 2.45) is 0 Å². The Morgan fingerprint density at radius 1 is 1.32 bits per heavy atom. The molecule has 1 heterocycles. The van der Waals surface area contributed by atoms with E-state index in [9.17, 15) is 4.79 Å². The molecular formula is C16H20N4O2. The summed E-state index contributed by atoms with van der Waals surface area (Å²) in [6.45, 7) is 6.30. The van der Waals surface area contributed by atoms with Gasteiger partial charge in [-0.1, -0.05) is 0 Å². The van der Waals surface area contributed by atoms with E-state index >= 15 is 0 Å². The van der Waals surface area contributed by atoms with E-state index in [0.717, 1.165) is 11.3 Å². The molecule has 2 rings (SSSR count). The van der Waals surface area contributed by atoms with Crippen molar-refractivity contribution in [2.75, 3.05) is 12.3 Å². The number of benzene rings is 1. The molecule has 2 aromatic rings. The number of aromatic nitrogens is 2. The van der Waals surface area contributed by atoms with Crippen molar-refractivity contribution in [3.05, 3.63) is 36.0 Å². The lowest BCUT2D eigenvalue weighted by molar-refractivity contribution is 0.0943. The molecule has 0 aliphatic rings. The van der Waals surface area contributed by atoms with Crippen molar-refractivity contribution < 1.29 is 9.53 Å². The first-order valence-electron chi connectivity index (χ1n) is 7.18. The molecule has 0 aliphatic heterocycles. The van der Waals surface area contributed by atoms with Crippen LogP contribution < -0.4 is 15.8 Å². The fourth-order valence-electron chi connectivity index (χ4n) is 1.92. The van der Waals surface area contributed by atoms with E-state index in [2.05, 4.69) is 15.3 Å². The monoisotopic (exact) mass is 300 g/mol. The number of nitrogen functional groups attached to an aromatic ring is 1. The molecule has 1 amide bonds. The summed E-state index contributed by atoms with van der Waals surface area (Å²) >= 11 is 0. The van der Waals surface area contributed by atoms with Crippen molar-refractivity contribution in [3.8, 4) is 17.1 Å². The van der Waals surface area contributed by atoms with Gasteiger partial charge in [-0.3, -0.25) is 4.79 Å². The summed E-state index contributed by atoms with van der Waals surface area (Å²) in [6.07, 6.45) is 1.45. The van der Waals surface area contributed by atoms with Crippen LogP contribution in [0.2, 0.25) is 0 Å². The van der Waals surface area contributed by atoms with Gasteiger partial charge in [-0.25, -0.2) is 9.97 Å². The lowest BCUT2D eigenvalue weighted by Gasteiger charge is -2.10. The Labute approximate surface area is 129 Å². The minimum atomic E-state index is -0.272. The molecule has 0 aliphatic carbocycles. The lowest BCUT2D eigenvalue weighted by atomic mass is 10.2. The maximum atomic E-state index is 12.0. The van der Waals surface area contributed by atoms with Crippen molar-refractivity contribution in [2.45, 2.75) is 26.8 Å². The smallest absolute Gasteiger partial charge is 0.256 e. The molecule has 116 valence electrons. The second-order valence-corrected chi connectivity index (χ2v) is 5.08. The summed E-state index contributed by atoms with van der Waals surface area (Å²) in [6, 6.07) is 7.43. The molecule has 0 atom stereocenters. The van der Waals surface area contributed by atoms with Crippen molar-refractivity contribution in [3.63, 3.8) is 0 Å². The maximum absolute atomic E-state index is 12.0. The Hall–Kier alpha value is -2.63. The molecule has 6 nitrogen and oxygen atoms in total. The van der Waals surface area contributed by atoms with Crippen LogP contribution in [0.3, 0.4) is 0 Å². The summed E-state index contributed by atoms with van der Waals surface area (Å²) < 4.78 is 5.39. The van der Waals surface area contributed by atoms with Gasteiger partial charge in [0.05, 0.1) is 12.2 Å². The number of hydrogen-bond acceptors (Lipinski definition) is 5. The Bertz CT molecular complexity index is 654. The summed E-state index contributed by atoms with van der Waals surface area (Å²) in [5.41, 5.74) is 6.97. The molecule has 0 saturated heterocycles. The van der Waals surface area contributed by atoms with Gasteiger partial charge < -0.3 is 15.8 Å². The first-order valence-corrected chi connectivity index (χ1v) is 7.18.